The second-order valence-electron chi connectivity index (χ2n) is 7.02. The molecule has 1 N–H and O–H groups in total. The summed E-state index contributed by atoms with van der Waals surface area (Å²) in [6.07, 6.45) is 2.11. The van der Waals surface area contributed by atoms with Crippen molar-refractivity contribution in [1.29, 1.82) is 0 Å². The van der Waals surface area contributed by atoms with Gasteiger partial charge in [0, 0.05) is 19.6 Å². The second-order valence-corrected chi connectivity index (χ2v) is 7.02. The summed E-state index contributed by atoms with van der Waals surface area (Å²) in [5, 5.41) is 5.52. The number of carbonyl (C=O) groups is 1. The van der Waals surface area contributed by atoms with Gasteiger partial charge in [-0.15, -0.1) is 12.4 Å². The van der Waals surface area contributed by atoms with Gasteiger partial charge in [0.25, 0.3) is 0 Å². The first kappa shape index (κ1) is 21.9. The van der Waals surface area contributed by atoms with Crippen LogP contribution in [0, 0.1) is 0 Å². The Morgan fingerprint density at radius 2 is 1.54 bits per heavy atom. The molecule has 0 aromatic heterocycles. The molecule has 0 saturated heterocycles. The van der Waals surface area contributed by atoms with Crippen molar-refractivity contribution < 1.29 is 4.79 Å². The highest BCUT2D eigenvalue weighted by molar-refractivity contribution is 5.85. The molecule has 0 atom stereocenters. The van der Waals surface area contributed by atoms with Crippen molar-refractivity contribution in [3.8, 4) is 0 Å². The van der Waals surface area contributed by atoms with Crippen molar-refractivity contribution in [3.05, 3.63) is 83.9 Å². The smallest absolute Gasteiger partial charge is 0.234 e. The van der Waals surface area contributed by atoms with Gasteiger partial charge in [-0.2, -0.15) is 0 Å². The fourth-order valence-electron chi connectivity index (χ4n) is 3.27. The molecule has 1 amide bonds. The minimum absolute atomic E-state index is 0. The third-order valence-corrected chi connectivity index (χ3v) is 4.69. The van der Waals surface area contributed by atoms with Gasteiger partial charge in [0.1, 0.15) is 0 Å². The monoisotopic (exact) mass is 396 g/mol. The molecule has 0 radical (unpaired) electrons. The van der Waals surface area contributed by atoms with Crippen LogP contribution < -0.4 is 5.32 Å². The minimum Gasteiger partial charge on any atom is -0.355 e. The molecule has 0 bridgehead atoms. The number of unbranched alkanes of at least 4 members (excludes halogenated alkanes) is 1. The SMILES string of the molecule is CCCCNC(=O)CN(Cc1ccccc1)Cc1ccc2ccccc2c1.Cl. The van der Waals surface area contributed by atoms with Crippen molar-refractivity contribution in [2.75, 3.05) is 13.1 Å². The molecule has 3 nitrogen and oxygen atoms in total. The lowest BCUT2D eigenvalue weighted by molar-refractivity contribution is -0.122. The van der Waals surface area contributed by atoms with Gasteiger partial charge < -0.3 is 5.32 Å². The Balaban J connectivity index is 0.00000280. The summed E-state index contributed by atoms with van der Waals surface area (Å²) in [7, 11) is 0. The molecule has 3 rings (SSSR count). The summed E-state index contributed by atoms with van der Waals surface area (Å²) in [4.78, 5) is 14.6. The van der Waals surface area contributed by atoms with E-state index >= 15 is 0 Å². The minimum atomic E-state index is 0. The van der Waals surface area contributed by atoms with Crippen molar-refractivity contribution in [1.82, 2.24) is 10.2 Å². The molecular weight excluding hydrogens is 368 g/mol. The number of nitrogens with one attached hydrogen (secondary N) is 1. The fourth-order valence-corrected chi connectivity index (χ4v) is 3.27. The molecule has 0 unspecified atom stereocenters. The number of carbonyl (C=O) groups excluding carboxylic acids is 1. The number of hydrogen-bond donors (Lipinski definition) is 1. The van der Waals surface area contributed by atoms with Gasteiger partial charge in [-0.25, -0.2) is 0 Å². The van der Waals surface area contributed by atoms with Crippen LogP contribution in [-0.2, 0) is 17.9 Å². The van der Waals surface area contributed by atoms with Gasteiger partial charge in [0.2, 0.25) is 5.91 Å². The molecule has 3 aromatic carbocycles. The molecular formula is C24H29ClN2O. The van der Waals surface area contributed by atoms with Crippen molar-refractivity contribution in [3.63, 3.8) is 0 Å². The van der Waals surface area contributed by atoms with Crippen molar-refractivity contribution in [2.45, 2.75) is 32.9 Å². The molecule has 3 aromatic rings. The first-order valence-electron chi connectivity index (χ1n) is 9.75. The molecule has 28 heavy (non-hydrogen) atoms. The standard InChI is InChI=1S/C24H28N2O.ClH/c1-2-3-15-25-24(27)19-26(17-20-9-5-4-6-10-20)18-21-13-14-22-11-7-8-12-23(22)16-21;/h4-14,16H,2-3,15,17-19H2,1H3,(H,25,27);1H. The topological polar surface area (TPSA) is 32.3 Å². The first-order valence-corrected chi connectivity index (χ1v) is 9.75. The molecule has 0 saturated carbocycles. The zero-order valence-electron chi connectivity index (χ0n) is 16.4. The summed E-state index contributed by atoms with van der Waals surface area (Å²) in [6, 6.07) is 25.3. The second kappa shape index (κ2) is 11.5. The number of hydrogen-bond acceptors (Lipinski definition) is 2. The van der Waals surface area contributed by atoms with E-state index in [0.717, 1.165) is 32.5 Å². The molecule has 148 valence electrons. The van der Waals surface area contributed by atoms with E-state index in [9.17, 15) is 4.79 Å². The van der Waals surface area contributed by atoms with Crippen LogP contribution in [0.25, 0.3) is 10.8 Å². The van der Waals surface area contributed by atoms with Gasteiger partial charge in [-0.1, -0.05) is 80.1 Å². The molecule has 0 spiro atoms. The predicted octanol–water partition coefficient (Wildman–Crippen LogP) is 5.18. The maximum Gasteiger partial charge on any atom is 0.234 e. The summed E-state index contributed by atoms with van der Waals surface area (Å²) in [5.41, 5.74) is 2.45. The van der Waals surface area contributed by atoms with Gasteiger partial charge >= 0.3 is 0 Å². The van der Waals surface area contributed by atoms with E-state index in [-0.39, 0.29) is 18.3 Å². The Labute approximate surface area is 174 Å². The van der Waals surface area contributed by atoms with E-state index in [2.05, 4.69) is 71.7 Å². The predicted molar refractivity (Wildman–Crippen MR) is 120 cm³/mol. The number of halogens is 1. The Hall–Kier alpha value is -2.36. The Morgan fingerprint density at radius 3 is 2.29 bits per heavy atom. The van der Waals surface area contributed by atoms with Crippen LogP contribution in [0.5, 0.6) is 0 Å². The lowest BCUT2D eigenvalue weighted by Gasteiger charge is -2.22. The largest absolute Gasteiger partial charge is 0.355 e. The zero-order chi connectivity index (χ0) is 18.9. The number of rotatable bonds is 9. The number of amides is 1. The van der Waals surface area contributed by atoms with E-state index in [1.54, 1.807) is 0 Å². The highest BCUT2D eigenvalue weighted by Gasteiger charge is 2.12. The van der Waals surface area contributed by atoms with Crippen LogP contribution in [0.15, 0.2) is 72.8 Å². The number of benzene rings is 3. The molecule has 0 heterocycles. The average Bonchev–Trinajstić information content (AvgIpc) is 2.69. The van der Waals surface area contributed by atoms with Crippen LogP contribution in [0.1, 0.15) is 30.9 Å². The van der Waals surface area contributed by atoms with Crippen LogP contribution in [-0.4, -0.2) is 23.9 Å². The maximum atomic E-state index is 12.4. The molecule has 0 fully saturated rings. The van der Waals surface area contributed by atoms with Crippen molar-refractivity contribution in [2.24, 2.45) is 0 Å². The van der Waals surface area contributed by atoms with E-state index in [1.807, 2.05) is 18.2 Å². The average molecular weight is 397 g/mol. The normalized spacial score (nSPS) is 10.6. The Bertz CT molecular complexity index is 867. The fraction of sp³-hybridized carbons (Fsp3) is 0.292. The highest BCUT2D eigenvalue weighted by Crippen LogP contribution is 2.17. The van der Waals surface area contributed by atoms with Crippen LogP contribution >= 0.6 is 12.4 Å². The number of fused-ring (bicyclic) bond motifs is 1. The number of nitrogens with zero attached hydrogens (tertiary/aromatic N) is 1. The van der Waals surface area contributed by atoms with Gasteiger partial charge in [0.05, 0.1) is 6.54 Å². The molecule has 0 aliphatic rings. The first-order chi connectivity index (χ1) is 13.2. The third-order valence-electron chi connectivity index (χ3n) is 4.69. The molecule has 4 heteroatoms. The Morgan fingerprint density at radius 1 is 0.857 bits per heavy atom. The summed E-state index contributed by atoms with van der Waals surface area (Å²) in [6.45, 7) is 4.80. The summed E-state index contributed by atoms with van der Waals surface area (Å²) < 4.78 is 0. The zero-order valence-corrected chi connectivity index (χ0v) is 17.3. The Kier molecular flexibility index (Phi) is 8.99. The van der Waals surface area contributed by atoms with Gasteiger partial charge in [0.15, 0.2) is 0 Å². The quantitative estimate of drug-likeness (QED) is 0.505. The van der Waals surface area contributed by atoms with Crippen LogP contribution in [0.4, 0.5) is 0 Å². The molecule has 0 aliphatic heterocycles. The van der Waals surface area contributed by atoms with E-state index in [1.165, 1.54) is 21.9 Å². The lowest BCUT2D eigenvalue weighted by Crippen LogP contribution is -2.37. The van der Waals surface area contributed by atoms with E-state index in [4.69, 9.17) is 0 Å². The maximum absolute atomic E-state index is 12.4. The van der Waals surface area contributed by atoms with Gasteiger partial charge in [-0.05, 0) is 34.4 Å². The third kappa shape index (κ3) is 6.66. The van der Waals surface area contributed by atoms with Crippen molar-refractivity contribution >= 4 is 29.1 Å². The van der Waals surface area contributed by atoms with E-state index in [0.29, 0.717) is 6.54 Å². The van der Waals surface area contributed by atoms with E-state index < -0.39 is 0 Å². The summed E-state index contributed by atoms with van der Waals surface area (Å²) >= 11 is 0. The van der Waals surface area contributed by atoms with Crippen LogP contribution in [0.2, 0.25) is 0 Å². The van der Waals surface area contributed by atoms with Gasteiger partial charge in [-0.3, -0.25) is 9.69 Å². The summed E-state index contributed by atoms with van der Waals surface area (Å²) in [5.74, 6) is 0.0974. The molecule has 0 aliphatic carbocycles. The highest BCUT2D eigenvalue weighted by atomic mass is 35.5. The lowest BCUT2D eigenvalue weighted by atomic mass is 10.1. The van der Waals surface area contributed by atoms with Crippen LogP contribution in [0.3, 0.4) is 0 Å².